The summed E-state index contributed by atoms with van der Waals surface area (Å²) in [7, 11) is -38.1. The van der Waals surface area contributed by atoms with E-state index in [1.54, 1.807) is 0 Å². The number of azo groups is 4. The Bertz CT molecular complexity index is 5540. The molecule has 47 heteroatoms. The number of aromatic hydroxyl groups is 2. The summed E-state index contributed by atoms with van der Waals surface area (Å²) in [4.78, 5) is 27.1. The van der Waals surface area contributed by atoms with Gasteiger partial charge in [-0.2, -0.15) is 64.0 Å². The van der Waals surface area contributed by atoms with E-state index in [1.807, 2.05) is 5.10 Å². The molecular formula is C42H28N12O28S7. The Morgan fingerprint density at radius 2 is 0.989 bits per heavy atom. The maximum absolute atomic E-state index is 13.5. The van der Waals surface area contributed by atoms with Crippen LogP contribution in [-0.2, 0) is 70.8 Å². The van der Waals surface area contributed by atoms with Crippen molar-refractivity contribution >= 4 is 155 Å². The molecule has 0 spiro atoms. The number of aromatic carboxylic acids is 1. The van der Waals surface area contributed by atoms with Gasteiger partial charge in [-0.1, -0.05) is 6.07 Å². The molecule has 0 aliphatic carbocycles. The molecule has 1 heterocycles. The van der Waals surface area contributed by atoms with Crippen LogP contribution in [0.25, 0.3) is 27.2 Å². The van der Waals surface area contributed by atoms with Crippen molar-refractivity contribution in [2.45, 2.75) is 34.3 Å². The van der Waals surface area contributed by atoms with E-state index in [9.17, 15) is 126 Å². The summed E-state index contributed by atoms with van der Waals surface area (Å²) in [5, 5.41) is 71.1. The van der Waals surface area contributed by atoms with Crippen LogP contribution in [0.3, 0.4) is 0 Å². The third kappa shape index (κ3) is 13.2. The van der Waals surface area contributed by atoms with Gasteiger partial charge in [0.15, 0.2) is 22.9 Å². The number of anilines is 1. The molecule has 0 fully saturated rings. The van der Waals surface area contributed by atoms with Gasteiger partial charge in [-0.25, -0.2) is 9.48 Å². The summed E-state index contributed by atoms with van der Waals surface area (Å²) in [5.41, 5.74) is -6.93. The molecule has 0 bridgehead atoms. The van der Waals surface area contributed by atoms with Crippen LogP contribution in [0.4, 0.5) is 56.9 Å². The number of nitro groups is 1. The lowest BCUT2D eigenvalue weighted by molar-refractivity contribution is -0.385. The first kappa shape index (κ1) is 65.1. The minimum atomic E-state index is -5.75. The van der Waals surface area contributed by atoms with E-state index in [0.29, 0.717) is 48.5 Å². The summed E-state index contributed by atoms with van der Waals surface area (Å²) in [5.74, 6) is -4.54. The number of nitrogen functional groups attached to an aromatic ring is 1. The Labute approximate surface area is 493 Å². The number of aromatic amines is 1. The van der Waals surface area contributed by atoms with E-state index < -0.39 is 223 Å². The quantitative estimate of drug-likeness (QED) is 0.0144. The van der Waals surface area contributed by atoms with Crippen LogP contribution in [0.5, 0.6) is 11.5 Å². The van der Waals surface area contributed by atoms with Gasteiger partial charge in [0.2, 0.25) is 0 Å². The number of nitrogens with zero attached hydrogens (tertiary/aromatic N) is 10. The molecule has 0 saturated heterocycles. The number of carboxylic acid groups (broad SMARTS) is 1. The van der Waals surface area contributed by atoms with Gasteiger partial charge in [0.05, 0.1) is 32.3 Å². The minimum Gasteiger partial charge on any atom is -0.505 e. The molecule has 0 aliphatic heterocycles. The molecule has 0 aliphatic rings. The summed E-state index contributed by atoms with van der Waals surface area (Å²) < 4.78 is 245. The molecule has 8 rings (SSSR count). The van der Waals surface area contributed by atoms with Gasteiger partial charge in [0.1, 0.15) is 63.5 Å². The number of non-ortho nitro benzene ring substituents is 1. The second-order valence-corrected chi connectivity index (χ2v) is 27.1. The van der Waals surface area contributed by atoms with E-state index in [-0.39, 0.29) is 10.7 Å². The fourth-order valence-corrected chi connectivity index (χ4v) is 12.6. The smallest absolute Gasteiger partial charge is 0.356 e. The number of hydrogen-bond donors (Lipinski definition) is 12. The van der Waals surface area contributed by atoms with Gasteiger partial charge >= 0.3 is 5.97 Å². The minimum absolute atomic E-state index is 0.0196. The van der Waals surface area contributed by atoms with Crippen LogP contribution in [0.15, 0.2) is 171 Å². The topological polar surface area (TPSA) is 664 Å². The second-order valence-electron chi connectivity index (χ2n) is 17.3. The first-order valence-electron chi connectivity index (χ1n) is 22.4. The van der Waals surface area contributed by atoms with Crippen molar-refractivity contribution in [2.24, 2.45) is 40.9 Å². The Morgan fingerprint density at radius 1 is 0.483 bits per heavy atom. The number of phenolic OH excluding ortho intramolecular Hbond substituents is 2. The molecular weight excluding hydrogens is 1340 g/mol. The Balaban J connectivity index is 1.21. The largest absolute Gasteiger partial charge is 0.505 e. The molecule has 1 aromatic heterocycles. The molecule has 0 radical (unpaired) electrons. The van der Waals surface area contributed by atoms with Gasteiger partial charge in [0.25, 0.3) is 82.1 Å². The first-order valence-corrected chi connectivity index (χ1v) is 32.5. The number of nitrogens with one attached hydrogen (secondary N) is 1. The van der Waals surface area contributed by atoms with Gasteiger partial charge in [0, 0.05) is 28.3 Å². The number of rotatable bonds is 18. The average Bonchev–Trinajstić information content (AvgIpc) is 0.879. The van der Waals surface area contributed by atoms with Gasteiger partial charge in [-0.05, 0) is 72.8 Å². The molecule has 40 nitrogen and oxygen atoms in total. The number of fused-ring (bicyclic) bond motifs is 2. The lowest BCUT2D eigenvalue weighted by Gasteiger charge is -2.13. The highest BCUT2D eigenvalue weighted by atomic mass is 32.2. The Hall–Kier alpha value is -9.89. The fourth-order valence-electron chi connectivity index (χ4n) is 7.94. The van der Waals surface area contributed by atoms with Gasteiger partial charge in [-0.3, -0.25) is 51.9 Å². The second kappa shape index (κ2) is 22.7. The van der Waals surface area contributed by atoms with Crippen LogP contribution < -0.4 is 11.3 Å². The number of nitro benzene ring substituents is 1. The van der Waals surface area contributed by atoms with E-state index in [4.69, 9.17) is 5.73 Å². The van der Waals surface area contributed by atoms with Crippen LogP contribution >= 0.6 is 0 Å². The van der Waals surface area contributed by atoms with E-state index >= 15 is 0 Å². The fraction of sp³-hybridized carbons (Fsp3) is 0. The number of carboxylic acids is 1. The van der Waals surface area contributed by atoms with Crippen LogP contribution in [0.1, 0.15) is 10.5 Å². The average molecular weight is 1370 g/mol. The highest BCUT2D eigenvalue weighted by Crippen LogP contribution is 2.48. The predicted octanol–water partition coefficient (Wildman–Crippen LogP) is 6.46. The van der Waals surface area contributed by atoms with Crippen molar-refractivity contribution in [1.29, 1.82) is 0 Å². The zero-order valence-electron chi connectivity index (χ0n) is 42.4. The molecule has 0 atom stereocenters. The number of phenols is 2. The normalized spacial score (nSPS) is 13.2. The molecule has 13 N–H and O–H groups in total. The summed E-state index contributed by atoms with van der Waals surface area (Å²) in [6, 6.07) is 8.85. The summed E-state index contributed by atoms with van der Waals surface area (Å²) >= 11 is 0. The Morgan fingerprint density at radius 3 is 1.55 bits per heavy atom. The van der Waals surface area contributed by atoms with Crippen LogP contribution in [0.2, 0.25) is 0 Å². The summed E-state index contributed by atoms with van der Waals surface area (Å²) in [6.45, 7) is 0. The van der Waals surface area contributed by atoms with Crippen molar-refractivity contribution in [1.82, 2.24) is 9.78 Å². The molecule has 0 saturated carbocycles. The molecule has 0 unspecified atom stereocenters. The van der Waals surface area contributed by atoms with Crippen molar-refractivity contribution in [2.75, 3.05) is 5.73 Å². The third-order valence-corrected chi connectivity index (χ3v) is 18.0. The molecule has 8 aromatic rings. The number of nitrogens with two attached hydrogens (primary N) is 1. The van der Waals surface area contributed by atoms with Crippen molar-refractivity contribution < 1.29 is 116 Å². The van der Waals surface area contributed by atoms with Crippen molar-refractivity contribution in [3.8, 4) is 17.2 Å². The molecule has 0 amide bonds. The number of benzene rings is 7. The Kier molecular flexibility index (Phi) is 16.6. The predicted molar refractivity (Wildman–Crippen MR) is 294 cm³/mol. The zero-order valence-corrected chi connectivity index (χ0v) is 48.1. The van der Waals surface area contributed by atoms with E-state index in [2.05, 4.69) is 40.9 Å². The van der Waals surface area contributed by atoms with E-state index in [0.717, 1.165) is 36.4 Å². The lowest BCUT2D eigenvalue weighted by atomic mass is 10.1. The number of aromatic nitrogens is 2. The number of carbonyl (C=O) groups is 1. The van der Waals surface area contributed by atoms with Crippen LogP contribution in [-0.4, -0.2) is 127 Å². The lowest BCUT2D eigenvalue weighted by Crippen LogP contribution is -2.18. The standard InChI is InChI=1S/C42H28N12O28S7/c43-34-26(15-29(85(68,69)70)20-5-8-24(39(56)33(20)34)47-45-23-7-2-17(54(60)61)12-31(23)87(74,75)76)49-48-25-9-4-19-21(40(25)89(80,81)82)14-32(88(77,78)79)35(38(19)55)50-44-16-1-6-22(30(11-16)86(71,72)73)46-51-36-37(42(58)59)52-53(41(36)57)27-13-18(83(62,63)64)3-10-28(27)84(65,66)67/h1-15,52,55-56H,43H2,(H,58,59)(H,62,63,64)(H,65,66,67)(H,68,69,70)(H,71,72,73)(H,74,75,76)(H,77,78,79)(H,80,81,82). The summed E-state index contributed by atoms with van der Waals surface area (Å²) in [6.07, 6.45) is 0. The van der Waals surface area contributed by atoms with Crippen molar-refractivity contribution in [3.05, 3.63) is 117 Å². The maximum atomic E-state index is 13.5. The van der Waals surface area contributed by atoms with Crippen molar-refractivity contribution in [3.63, 3.8) is 0 Å². The third-order valence-electron chi connectivity index (χ3n) is 11.7. The van der Waals surface area contributed by atoms with Gasteiger partial charge in [-0.15, -0.1) is 35.8 Å². The monoisotopic (exact) mass is 1370 g/mol. The van der Waals surface area contributed by atoms with E-state index in [1.165, 1.54) is 0 Å². The zero-order chi connectivity index (χ0) is 66.2. The molecule has 89 heavy (non-hydrogen) atoms. The highest BCUT2D eigenvalue weighted by molar-refractivity contribution is 7.87. The first-order chi connectivity index (χ1) is 40.9. The molecule has 7 aromatic carbocycles. The number of hydrogen-bond acceptors (Lipinski definition) is 29. The highest BCUT2D eigenvalue weighted by Gasteiger charge is 2.31. The SMILES string of the molecule is Nc1c(N=Nc2ccc3c(O)c(N=Nc4ccc(N=Nc5c(C(=O)O)[nH]n(-c6cc(S(=O)(=O)O)ccc6S(=O)(=O)O)c5=O)c(S(=O)(=O)O)c4)c(S(=O)(=O)O)cc3c2S(=O)(=O)O)cc(S(=O)(=O)O)c2ccc(N=Nc3ccc([N+](=O)[O-])cc3S(=O)(=O)O)c(O)c12. The maximum Gasteiger partial charge on any atom is 0.356 e. The van der Waals surface area contributed by atoms with Crippen LogP contribution in [0, 0.1) is 10.1 Å². The van der Waals surface area contributed by atoms with Gasteiger partial charge < -0.3 is 21.1 Å². The molecule has 466 valence electrons. The number of H-pyrrole nitrogens is 1.